The summed E-state index contributed by atoms with van der Waals surface area (Å²) in [7, 11) is 1.34. The van der Waals surface area contributed by atoms with E-state index in [1.807, 2.05) is 60.7 Å². The van der Waals surface area contributed by atoms with E-state index in [2.05, 4.69) is 15.4 Å². The average molecular weight is 410 g/mol. The van der Waals surface area contributed by atoms with Gasteiger partial charge in [-0.3, -0.25) is 9.89 Å². The molecule has 0 aliphatic carbocycles. The van der Waals surface area contributed by atoms with E-state index in [-0.39, 0.29) is 5.91 Å². The average Bonchev–Trinajstić information content (AvgIpc) is 3.47. The van der Waals surface area contributed by atoms with Crippen molar-refractivity contribution in [3.8, 4) is 22.4 Å². The third-order valence-corrected chi connectivity index (χ3v) is 5.43. The summed E-state index contributed by atoms with van der Waals surface area (Å²) in [6.07, 6.45) is 1.68. The first-order valence-corrected chi connectivity index (χ1v) is 9.75. The second-order valence-corrected chi connectivity index (χ2v) is 7.21. The van der Waals surface area contributed by atoms with E-state index in [1.165, 1.54) is 7.11 Å². The summed E-state index contributed by atoms with van der Waals surface area (Å²) in [6, 6.07) is 20.9. The van der Waals surface area contributed by atoms with E-state index in [9.17, 15) is 9.59 Å². The fourth-order valence-corrected chi connectivity index (χ4v) is 3.85. The van der Waals surface area contributed by atoms with E-state index < -0.39 is 5.97 Å². The van der Waals surface area contributed by atoms with Gasteiger partial charge in [-0.2, -0.15) is 0 Å². The number of fused-ring (bicyclic) bond motifs is 1. The summed E-state index contributed by atoms with van der Waals surface area (Å²) in [5.41, 5.74) is 5.72. The van der Waals surface area contributed by atoms with Crippen LogP contribution in [0.3, 0.4) is 0 Å². The lowest BCUT2D eigenvalue weighted by atomic mass is 10.0. The van der Waals surface area contributed by atoms with E-state index >= 15 is 0 Å². The van der Waals surface area contributed by atoms with Gasteiger partial charge in [0.25, 0.3) is 5.91 Å². The largest absolute Gasteiger partial charge is 0.465 e. The van der Waals surface area contributed by atoms with Crippen molar-refractivity contribution < 1.29 is 14.3 Å². The Morgan fingerprint density at radius 1 is 1.00 bits per heavy atom. The smallest absolute Gasteiger partial charge is 0.339 e. The third kappa shape index (κ3) is 3.26. The fourth-order valence-electron chi connectivity index (χ4n) is 3.85. The molecule has 1 amide bonds. The number of aromatic nitrogens is 3. The number of benzene rings is 3. The van der Waals surface area contributed by atoms with E-state index in [4.69, 9.17) is 4.74 Å². The Labute approximate surface area is 178 Å². The molecule has 1 N–H and O–H groups in total. The zero-order valence-corrected chi connectivity index (χ0v) is 16.7. The van der Waals surface area contributed by atoms with Gasteiger partial charge >= 0.3 is 5.97 Å². The van der Waals surface area contributed by atoms with Crippen LogP contribution >= 0.6 is 0 Å². The monoisotopic (exact) mass is 410 g/mol. The molecule has 7 nitrogen and oxygen atoms in total. The molecule has 1 aliphatic rings. The molecule has 0 unspecified atom stereocenters. The minimum Gasteiger partial charge on any atom is -0.465 e. The first-order valence-electron chi connectivity index (χ1n) is 9.75. The molecule has 7 heteroatoms. The lowest BCUT2D eigenvalue weighted by Crippen LogP contribution is -2.25. The Morgan fingerprint density at radius 2 is 1.81 bits per heavy atom. The lowest BCUT2D eigenvalue weighted by Gasteiger charge is -2.20. The van der Waals surface area contributed by atoms with Gasteiger partial charge in [0, 0.05) is 17.3 Å². The number of carbonyl (C=O) groups excluding carboxylic acids is 2. The molecule has 2 heterocycles. The van der Waals surface area contributed by atoms with Crippen LogP contribution in [0.4, 0.5) is 5.69 Å². The number of H-pyrrole nitrogens is 1. The Hall–Kier alpha value is -4.26. The fraction of sp³-hybridized carbons (Fsp3) is 0.0833. The van der Waals surface area contributed by atoms with Crippen LogP contribution in [0.5, 0.6) is 0 Å². The quantitative estimate of drug-likeness (QED) is 0.512. The number of nitrogens with one attached hydrogen (secondary N) is 1. The van der Waals surface area contributed by atoms with E-state index in [0.717, 1.165) is 22.3 Å². The first kappa shape index (κ1) is 18.7. The second kappa shape index (κ2) is 7.53. The van der Waals surface area contributed by atoms with Gasteiger partial charge in [-0.15, -0.1) is 5.10 Å². The number of hydrogen-bond donors (Lipinski definition) is 1. The maximum Gasteiger partial charge on any atom is 0.339 e. The molecule has 5 rings (SSSR count). The van der Waals surface area contributed by atoms with Crippen molar-refractivity contribution in [2.45, 2.75) is 6.54 Å². The number of nitrogens with zero attached hydrogens (tertiary/aromatic N) is 3. The minimum absolute atomic E-state index is 0.171. The van der Waals surface area contributed by atoms with Gasteiger partial charge in [0.1, 0.15) is 5.69 Å². The predicted molar refractivity (Wildman–Crippen MR) is 116 cm³/mol. The van der Waals surface area contributed by atoms with Crippen LogP contribution < -0.4 is 4.90 Å². The molecule has 0 atom stereocenters. The second-order valence-electron chi connectivity index (χ2n) is 7.21. The molecular formula is C24H18N4O3. The number of anilines is 1. The molecule has 0 spiro atoms. The van der Waals surface area contributed by atoms with Crippen LogP contribution in [0.25, 0.3) is 22.4 Å². The zero-order chi connectivity index (χ0) is 21.4. The van der Waals surface area contributed by atoms with Gasteiger partial charge < -0.3 is 9.64 Å². The summed E-state index contributed by atoms with van der Waals surface area (Å²) in [4.78, 5) is 27.4. The van der Waals surface area contributed by atoms with Gasteiger partial charge in [0.2, 0.25) is 0 Å². The van der Waals surface area contributed by atoms with Gasteiger partial charge in [-0.05, 0) is 34.9 Å². The van der Waals surface area contributed by atoms with Crippen LogP contribution in [0.2, 0.25) is 0 Å². The van der Waals surface area contributed by atoms with Crippen molar-refractivity contribution in [1.82, 2.24) is 15.4 Å². The van der Waals surface area contributed by atoms with Crippen LogP contribution in [0, 0.1) is 0 Å². The minimum atomic E-state index is -0.485. The highest BCUT2D eigenvalue weighted by atomic mass is 16.5. The molecule has 1 aliphatic heterocycles. The number of aromatic amines is 1. The number of rotatable bonds is 4. The van der Waals surface area contributed by atoms with Crippen molar-refractivity contribution in [3.05, 3.63) is 89.6 Å². The van der Waals surface area contributed by atoms with Crippen molar-refractivity contribution in [2.75, 3.05) is 12.0 Å². The van der Waals surface area contributed by atoms with E-state index in [1.54, 1.807) is 17.2 Å². The molecule has 0 bridgehead atoms. The Bertz CT molecular complexity index is 1280. The van der Waals surface area contributed by atoms with Crippen molar-refractivity contribution in [3.63, 3.8) is 0 Å². The third-order valence-electron chi connectivity index (χ3n) is 5.43. The lowest BCUT2D eigenvalue weighted by molar-refractivity contribution is 0.0601. The molecule has 0 saturated carbocycles. The van der Waals surface area contributed by atoms with Crippen molar-refractivity contribution >= 4 is 17.6 Å². The number of hydrogen-bond acceptors (Lipinski definition) is 5. The van der Waals surface area contributed by atoms with Gasteiger partial charge in [0.05, 0.1) is 24.9 Å². The van der Waals surface area contributed by atoms with Gasteiger partial charge in [-0.25, -0.2) is 4.79 Å². The van der Waals surface area contributed by atoms with E-state index in [0.29, 0.717) is 29.1 Å². The van der Waals surface area contributed by atoms with Crippen LogP contribution in [-0.4, -0.2) is 34.4 Å². The molecular weight excluding hydrogens is 392 g/mol. The van der Waals surface area contributed by atoms with Crippen molar-refractivity contribution in [1.29, 1.82) is 0 Å². The number of ether oxygens (including phenoxy) is 1. The standard InChI is InChI=1S/C24H18N4O3/c1-31-24(30)19-10-9-16(15-5-3-2-4-6-15)12-22(19)28-14-18-8-7-17(11-20(18)23(28)29)21-13-25-27-26-21/h2-13H,14H2,1H3,(H,25,26,27). The summed E-state index contributed by atoms with van der Waals surface area (Å²) >= 11 is 0. The summed E-state index contributed by atoms with van der Waals surface area (Å²) in [5.74, 6) is -0.655. The number of esters is 1. The Morgan fingerprint density at radius 3 is 2.55 bits per heavy atom. The molecule has 0 radical (unpaired) electrons. The number of carbonyl (C=O) groups is 2. The highest BCUT2D eigenvalue weighted by molar-refractivity contribution is 6.13. The maximum absolute atomic E-state index is 13.4. The van der Waals surface area contributed by atoms with Crippen LogP contribution in [-0.2, 0) is 11.3 Å². The maximum atomic E-state index is 13.4. The number of methoxy groups -OCH3 is 1. The summed E-state index contributed by atoms with van der Waals surface area (Å²) in [5, 5.41) is 10.4. The van der Waals surface area contributed by atoms with Crippen LogP contribution in [0.1, 0.15) is 26.3 Å². The molecule has 1 aromatic heterocycles. The summed E-state index contributed by atoms with van der Waals surface area (Å²) < 4.78 is 4.97. The molecule has 0 saturated heterocycles. The zero-order valence-electron chi connectivity index (χ0n) is 16.7. The molecule has 3 aromatic carbocycles. The molecule has 4 aromatic rings. The van der Waals surface area contributed by atoms with Crippen molar-refractivity contribution in [2.24, 2.45) is 0 Å². The highest BCUT2D eigenvalue weighted by Crippen LogP contribution is 2.35. The first-order chi connectivity index (χ1) is 15.2. The molecule has 31 heavy (non-hydrogen) atoms. The Balaban J connectivity index is 1.58. The number of amides is 1. The SMILES string of the molecule is COC(=O)c1ccc(-c2ccccc2)cc1N1Cc2ccc(-c3c[nH]nn3)cc2C1=O. The predicted octanol–water partition coefficient (Wildman–Crippen LogP) is 4.09. The topological polar surface area (TPSA) is 88.2 Å². The van der Waals surface area contributed by atoms with Gasteiger partial charge in [0.15, 0.2) is 0 Å². The van der Waals surface area contributed by atoms with Crippen LogP contribution in [0.15, 0.2) is 72.9 Å². The normalized spacial score (nSPS) is 12.7. The van der Waals surface area contributed by atoms with Gasteiger partial charge in [-0.1, -0.05) is 53.7 Å². The Kier molecular flexibility index (Phi) is 4.55. The molecule has 0 fully saturated rings. The highest BCUT2D eigenvalue weighted by Gasteiger charge is 2.32. The molecule has 152 valence electrons. The summed E-state index contributed by atoms with van der Waals surface area (Å²) in [6.45, 7) is 0.371.